The van der Waals surface area contributed by atoms with E-state index in [9.17, 15) is 4.79 Å². The fraction of sp³-hybridized carbons (Fsp3) is 0.917. The van der Waals surface area contributed by atoms with Gasteiger partial charge in [0.2, 0.25) is 0 Å². The molecule has 1 fully saturated rings. The lowest BCUT2D eigenvalue weighted by Crippen LogP contribution is -2.62. The van der Waals surface area contributed by atoms with Crippen LogP contribution in [0.25, 0.3) is 0 Å². The predicted molar refractivity (Wildman–Crippen MR) is 64.4 cm³/mol. The first-order valence-electron chi connectivity index (χ1n) is 6.16. The first-order valence-corrected chi connectivity index (χ1v) is 6.16. The van der Waals surface area contributed by atoms with Crippen LogP contribution < -0.4 is 5.32 Å². The maximum atomic E-state index is 12.4. The molecule has 4 nitrogen and oxygen atoms in total. The fourth-order valence-corrected chi connectivity index (χ4v) is 1.87. The van der Waals surface area contributed by atoms with Gasteiger partial charge in [0.15, 0.2) is 0 Å². The Hall–Kier alpha value is -0.610. The average molecular weight is 228 g/mol. The van der Waals surface area contributed by atoms with Crippen LogP contribution in [0.4, 0.5) is 0 Å². The van der Waals surface area contributed by atoms with E-state index in [0.29, 0.717) is 12.5 Å². The molecule has 1 unspecified atom stereocenters. The van der Waals surface area contributed by atoms with E-state index in [-0.39, 0.29) is 5.91 Å². The van der Waals surface area contributed by atoms with Gasteiger partial charge in [-0.2, -0.15) is 0 Å². The summed E-state index contributed by atoms with van der Waals surface area (Å²) >= 11 is 0. The molecular weight excluding hydrogens is 204 g/mol. The predicted octanol–water partition coefficient (Wildman–Crippen LogP) is 1.01. The monoisotopic (exact) mass is 228 g/mol. The lowest BCUT2D eigenvalue weighted by atomic mass is 9.98. The molecule has 16 heavy (non-hydrogen) atoms. The number of nitrogens with zero attached hydrogens (tertiary/aromatic N) is 1. The third kappa shape index (κ3) is 2.55. The molecule has 94 valence electrons. The SMILES string of the molecule is CCCN(C(=O)C(C)(CC)OC)C1CNC1. The van der Waals surface area contributed by atoms with E-state index in [1.54, 1.807) is 7.11 Å². The van der Waals surface area contributed by atoms with Crippen LogP contribution in [0.3, 0.4) is 0 Å². The number of hydrogen-bond acceptors (Lipinski definition) is 3. The Labute approximate surface area is 98.3 Å². The minimum Gasteiger partial charge on any atom is -0.369 e. The summed E-state index contributed by atoms with van der Waals surface area (Å²) in [6.45, 7) is 8.62. The van der Waals surface area contributed by atoms with Gasteiger partial charge in [-0.25, -0.2) is 0 Å². The van der Waals surface area contributed by atoms with Gasteiger partial charge in [-0.1, -0.05) is 13.8 Å². The van der Waals surface area contributed by atoms with Gasteiger partial charge in [0, 0.05) is 26.7 Å². The molecule has 1 N–H and O–H groups in total. The van der Waals surface area contributed by atoms with E-state index >= 15 is 0 Å². The molecule has 1 aliphatic rings. The van der Waals surface area contributed by atoms with Crippen LogP contribution in [0.1, 0.15) is 33.6 Å². The van der Waals surface area contributed by atoms with Crippen LogP contribution in [-0.4, -0.2) is 49.2 Å². The Morgan fingerprint density at radius 2 is 2.12 bits per heavy atom. The molecule has 1 rings (SSSR count). The number of ether oxygens (including phenoxy) is 1. The molecule has 0 saturated carbocycles. The van der Waals surface area contributed by atoms with Gasteiger partial charge >= 0.3 is 0 Å². The highest BCUT2D eigenvalue weighted by Crippen LogP contribution is 2.20. The van der Waals surface area contributed by atoms with Crippen LogP contribution in [0.5, 0.6) is 0 Å². The van der Waals surface area contributed by atoms with E-state index in [0.717, 1.165) is 26.1 Å². The Morgan fingerprint density at radius 1 is 1.50 bits per heavy atom. The molecule has 1 saturated heterocycles. The highest BCUT2D eigenvalue weighted by molar-refractivity contribution is 5.85. The second kappa shape index (κ2) is 5.64. The van der Waals surface area contributed by atoms with Crippen molar-refractivity contribution in [1.29, 1.82) is 0 Å². The topological polar surface area (TPSA) is 41.6 Å². The van der Waals surface area contributed by atoms with Gasteiger partial charge in [-0.05, 0) is 19.8 Å². The highest BCUT2D eigenvalue weighted by Gasteiger charge is 2.39. The second-order valence-electron chi connectivity index (χ2n) is 4.60. The van der Waals surface area contributed by atoms with Crippen molar-refractivity contribution in [1.82, 2.24) is 10.2 Å². The van der Waals surface area contributed by atoms with Gasteiger partial charge in [0.1, 0.15) is 5.60 Å². The van der Waals surface area contributed by atoms with E-state index in [4.69, 9.17) is 4.74 Å². The number of amides is 1. The maximum Gasteiger partial charge on any atom is 0.254 e. The van der Waals surface area contributed by atoms with Crippen LogP contribution >= 0.6 is 0 Å². The molecule has 0 aromatic carbocycles. The zero-order valence-corrected chi connectivity index (χ0v) is 10.9. The highest BCUT2D eigenvalue weighted by atomic mass is 16.5. The molecule has 1 amide bonds. The smallest absolute Gasteiger partial charge is 0.254 e. The standard InChI is InChI=1S/C12H24N2O2/c1-5-7-14(10-8-13-9-10)11(15)12(3,6-2)16-4/h10,13H,5-9H2,1-4H3. The molecule has 0 aromatic heterocycles. The molecule has 0 spiro atoms. The van der Waals surface area contributed by atoms with Crippen LogP contribution in [0.2, 0.25) is 0 Å². The van der Waals surface area contributed by atoms with Crippen molar-refractivity contribution in [2.75, 3.05) is 26.7 Å². The van der Waals surface area contributed by atoms with Crippen molar-refractivity contribution >= 4 is 5.91 Å². The van der Waals surface area contributed by atoms with E-state index in [1.807, 2.05) is 18.7 Å². The van der Waals surface area contributed by atoms with Gasteiger partial charge in [-0.15, -0.1) is 0 Å². The lowest BCUT2D eigenvalue weighted by Gasteiger charge is -2.42. The number of carbonyl (C=O) groups is 1. The van der Waals surface area contributed by atoms with Crippen molar-refractivity contribution in [3.8, 4) is 0 Å². The number of hydrogen-bond donors (Lipinski definition) is 1. The molecule has 1 aliphatic heterocycles. The van der Waals surface area contributed by atoms with E-state index in [1.165, 1.54) is 0 Å². The Morgan fingerprint density at radius 3 is 2.44 bits per heavy atom. The molecule has 4 heteroatoms. The normalized spacial score (nSPS) is 20.0. The third-order valence-electron chi connectivity index (χ3n) is 3.50. The van der Waals surface area contributed by atoms with E-state index in [2.05, 4.69) is 12.2 Å². The summed E-state index contributed by atoms with van der Waals surface area (Å²) in [5, 5.41) is 3.21. The summed E-state index contributed by atoms with van der Waals surface area (Å²) in [5.74, 6) is 0.130. The van der Waals surface area contributed by atoms with Crippen molar-refractivity contribution in [3.63, 3.8) is 0 Å². The molecule has 0 aliphatic carbocycles. The Balaban J connectivity index is 2.72. The molecule has 1 heterocycles. The fourth-order valence-electron chi connectivity index (χ4n) is 1.87. The quantitative estimate of drug-likeness (QED) is 0.738. The number of rotatable bonds is 6. The summed E-state index contributed by atoms with van der Waals surface area (Å²) < 4.78 is 5.38. The van der Waals surface area contributed by atoms with Gasteiger partial charge in [0.05, 0.1) is 6.04 Å². The summed E-state index contributed by atoms with van der Waals surface area (Å²) in [4.78, 5) is 14.4. The van der Waals surface area contributed by atoms with Crippen LogP contribution in [0.15, 0.2) is 0 Å². The number of carbonyl (C=O) groups excluding carboxylic acids is 1. The van der Waals surface area contributed by atoms with Crippen molar-refractivity contribution in [2.24, 2.45) is 0 Å². The first-order chi connectivity index (χ1) is 7.59. The number of methoxy groups -OCH3 is 1. The average Bonchev–Trinajstić information content (AvgIpc) is 2.24. The summed E-state index contributed by atoms with van der Waals surface area (Å²) in [6, 6.07) is 0.355. The lowest BCUT2D eigenvalue weighted by molar-refractivity contribution is -0.157. The maximum absolute atomic E-state index is 12.4. The third-order valence-corrected chi connectivity index (χ3v) is 3.50. The van der Waals surface area contributed by atoms with E-state index < -0.39 is 5.60 Å². The Bertz CT molecular complexity index is 235. The molecule has 0 aromatic rings. The van der Waals surface area contributed by atoms with Crippen molar-refractivity contribution in [2.45, 2.75) is 45.3 Å². The summed E-state index contributed by atoms with van der Waals surface area (Å²) in [7, 11) is 1.62. The van der Waals surface area contributed by atoms with Gasteiger partial charge < -0.3 is 15.0 Å². The molecular formula is C12H24N2O2. The molecule has 0 radical (unpaired) electrons. The minimum atomic E-state index is -0.662. The largest absolute Gasteiger partial charge is 0.369 e. The molecule has 0 bridgehead atoms. The van der Waals surface area contributed by atoms with Crippen LogP contribution in [0, 0.1) is 0 Å². The first kappa shape index (κ1) is 13.5. The van der Waals surface area contributed by atoms with Crippen molar-refractivity contribution in [3.05, 3.63) is 0 Å². The minimum absolute atomic E-state index is 0.130. The Kier molecular flexibility index (Phi) is 4.74. The molecule has 1 atom stereocenters. The number of nitrogens with one attached hydrogen (secondary N) is 1. The van der Waals surface area contributed by atoms with Crippen LogP contribution in [-0.2, 0) is 9.53 Å². The van der Waals surface area contributed by atoms with Gasteiger partial charge in [0.25, 0.3) is 5.91 Å². The van der Waals surface area contributed by atoms with Gasteiger partial charge in [-0.3, -0.25) is 4.79 Å². The van der Waals surface area contributed by atoms with Crippen molar-refractivity contribution < 1.29 is 9.53 Å². The summed E-state index contributed by atoms with van der Waals surface area (Å²) in [6.07, 6.45) is 1.70. The second-order valence-corrected chi connectivity index (χ2v) is 4.60. The zero-order valence-electron chi connectivity index (χ0n) is 10.9. The zero-order chi connectivity index (χ0) is 12.2. The summed E-state index contributed by atoms with van der Waals surface area (Å²) in [5.41, 5.74) is -0.662.